The molecule has 2 aliphatic rings. The molecule has 2 heterocycles. The van der Waals surface area contributed by atoms with E-state index in [1.54, 1.807) is 0 Å². The molecule has 0 amide bonds. The minimum atomic E-state index is -2.29. The summed E-state index contributed by atoms with van der Waals surface area (Å²) in [6, 6.07) is 9.01. The number of hydrogen-bond acceptors (Lipinski definition) is 1. The first-order valence-electron chi connectivity index (χ1n) is 10.6. The van der Waals surface area contributed by atoms with Crippen molar-refractivity contribution >= 4 is 25.7 Å². The summed E-state index contributed by atoms with van der Waals surface area (Å²) in [6.07, 6.45) is 9.84. The Morgan fingerprint density at radius 2 is 1.36 bits per heavy atom. The molecule has 140 valence electrons. The van der Waals surface area contributed by atoms with Crippen LogP contribution in [0.4, 0.5) is 0 Å². The normalized spacial score (nSPS) is 38.3. The smallest absolute Gasteiger partial charge is 0.122 e. The molecule has 2 aliphatic heterocycles. The predicted molar refractivity (Wildman–Crippen MR) is 115 cm³/mol. The van der Waals surface area contributed by atoms with E-state index in [0.717, 1.165) is 24.2 Å². The SMILES string of the molecule is CCC1CCC(CC)P1c1ccccc1P1(=O)C(CC)CCC1CC. The van der Waals surface area contributed by atoms with Gasteiger partial charge in [0, 0.05) is 16.6 Å². The van der Waals surface area contributed by atoms with E-state index in [-0.39, 0.29) is 7.92 Å². The van der Waals surface area contributed by atoms with Gasteiger partial charge in [0.15, 0.2) is 0 Å². The van der Waals surface area contributed by atoms with E-state index < -0.39 is 7.14 Å². The van der Waals surface area contributed by atoms with Gasteiger partial charge in [-0.15, -0.1) is 0 Å². The van der Waals surface area contributed by atoms with E-state index in [0.29, 0.717) is 11.3 Å². The van der Waals surface area contributed by atoms with Gasteiger partial charge in [0.1, 0.15) is 7.14 Å². The molecule has 4 atom stereocenters. The highest BCUT2D eigenvalue weighted by molar-refractivity contribution is 7.77. The zero-order valence-corrected chi connectivity index (χ0v) is 18.4. The van der Waals surface area contributed by atoms with Gasteiger partial charge in [-0.05, 0) is 68.0 Å². The van der Waals surface area contributed by atoms with Crippen LogP contribution in [-0.4, -0.2) is 22.6 Å². The second-order valence-corrected chi connectivity index (χ2v) is 14.1. The van der Waals surface area contributed by atoms with Crippen molar-refractivity contribution < 1.29 is 4.57 Å². The molecule has 0 saturated carbocycles. The molecule has 0 N–H and O–H groups in total. The van der Waals surface area contributed by atoms with Crippen molar-refractivity contribution in [3.05, 3.63) is 24.3 Å². The van der Waals surface area contributed by atoms with E-state index in [1.165, 1.54) is 49.1 Å². The van der Waals surface area contributed by atoms with Crippen molar-refractivity contribution in [3.63, 3.8) is 0 Å². The predicted octanol–water partition coefficient (Wildman–Crippen LogP) is 6.48. The third-order valence-electron chi connectivity index (χ3n) is 6.96. The Kier molecular flexibility index (Phi) is 6.50. The van der Waals surface area contributed by atoms with Crippen LogP contribution in [0, 0.1) is 0 Å². The van der Waals surface area contributed by atoms with Gasteiger partial charge in [0.25, 0.3) is 0 Å². The zero-order chi connectivity index (χ0) is 18.0. The maximum Gasteiger partial charge on any atom is 0.122 e. The highest BCUT2D eigenvalue weighted by Crippen LogP contribution is 2.66. The second-order valence-electron chi connectivity index (χ2n) is 8.01. The molecule has 25 heavy (non-hydrogen) atoms. The van der Waals surface area contributed by atoms with Crippen LogP contribution in [0.2, 0.25) is 0 Å². The van der Waals surface area contributed by atoms with Crippen molar-refractivity contribution in [1.82, 2.24) is 0 Å². The van der Waals surface area contributed by atoms with Crippen LogP contribution in [0.1, 0.15) is 79.1 Å². The summed E-state index contributed by atoms with van der Waals surface area (Å²) < 4.78 is 14.5. The number of benzene rings is 1. The van der Waals surface area contributed by atoms with Gasteiger partial charge in [0.2, 0.25) is 0 Å². The lowest BCUT2D eigenvalue weighted by Crippen LogP contribution is -2.32. The van der Waals surface area contributed by atoms with Crippen molar-refractivity contribution in [1.29, 1.82) is 0 Å². The minimum Gasteiger partial charge on any atom is -0.318 e. The highest BCUT2D eigenvalue weighted by Gasteiger charge is 2.48. The molecule has 3 rings (SSSR count). The topological polar surface area (TPSA) is 17.1 Å². The Bertz CT molecular complexity index is 598. The van der Waals surface area contributed by atoms with Gasteiger partial charge in [-0.25, -0.2) is 0 Å². The van der Waals surface area contributed by atoms with Crippen LogP contribution in [-0.2, 0) is 4.57 Å². The summed E-state index contributed by atoms with van der Waals surface area (Å²) in [5, 5.41) is 2.85. The van der Waals surface area contributed by atoms with E-state index in [9.17, 15) is 4.57 Å². The van der Waals surface area contributed by atoms with E-state index in [4.69, 9.17) is 0 Å². The van der Waals surface area contributed by atoms with Gasteiger partial charge in [0.05, 0.1) is 0 Å². The lowest BCUT2D eigenvalue weighted by atomic mass is 10.1. The molecule has 1 aromatic rings. The standard InChI is InChI=1S/C22H36OP2/c1-5-17-13-14-18(6-2)24(17)21-11-9-10-12-22(21)25(23)19(7-3)15-16-20(25)8-4/h9-12,17-20H,5-8,13-16H2,1-4H3. The fourth-order valence-corrected chi connectivity index (χ4v) is 14.3. The van der Waals surface area contributed by atoms with Crippen LogP contribution < -0.4 is 10.6 Å². The van der Waals surface area contributed by atoms with E-state index in [1.807, 2.05) is 0 Å². The molecule has 0 bridgehead atoms. The van der Waals surface area contributed by atoms with E-state index in [2.05, 4.69) is 52.0 Å². The van der Waals surface area contributed by atoms with Gasteiger partial charge in [-0.2, -0.15) is 0 Å². The van der Waals surface area contributed by atoms with Gasteiger partial charge in [-0.3, -0.25) is 0 Å². The van der Waals surface area contributed by atoms with Crippen molar-refractivity contribution in [2.75, 3.05) is 0 Å². The maximum atomic E-state index is 14.5. The Balaban J connectivity index is 2.11. The Morgan fingerprint density at radius 3 is 1.84 bits per heavy atom. The largest absolute Gasteiger partial charge is 0.318 e. The van der Waals surface area contributed by atoms with Crippen LogP contribution in [0.3, 0.4) is 0 Å². The third-order valence-corrected chi connectivity index (χ3v) is 15.5. The maximum absolute atomic E-state index is 14.5. The second kappa shape index (κ2) is 8.27. The highest BCUT2D eigenvalue weighted by atomic mass is 31.2. The summed E-state index contributed by atoms with van der Waals surface area (Å²) in [5.41, 5.74) is 2.54. The molecule has 0 radical (unpaired) electrons. The molecule has 0 aliphatic carbocycles. The summed E-state index contributed by atoms with van der Waals surface area (Å²) in [5.74, 6) is 0. The summed E-state index contributed by atoms with van der Waals surface area (Å²) in [6.45, 7) is 9.23. The van der Waals surface area contributed by atoms with Gasteiger partial charge >= 0.3 is 0 Å². The molecule has 1 aromatic carbocycles. The Hall–Kier alpha value is -0.120. The number of rotatable bonds is 6. The minimum absolute atomic E-state index is 0.156. The quantitative estimate of drug-likeness (QED) is 0.518. The monoisotopic (exact) mass is 378 g/mol. The van der Waals surface area contributed by atoms with Crippen molar-refractivity contribution in [2.24, 2.45) is 0 Å². The first-order chi connectivity index (χ1) is 12.1. The first-order valence-corrected chi connectivity index (χ1v) is 13.9. The molecule has 2 fully saturated rings. The number of hydrogen-bond donors (Lipinski definition) is 0. The van der Waals surface area contributed by atoms with Crippen molar-refractivity contribution in [3.8, 4) is 0 Å². The summed E-state index contributed by atoms with van der Waals surface area (Å²) in [4.78, 5) is 0. The molecule has 3 heteroatoms. The van der Waals surface area contributed by atoms with Gasteiger partial charge < -0.3 is 4.57 Å². The lowest BCUT2D eigenvalue weighted by Gasteiger charge is -2.32. The summed E-state index contributed by atoms with van der Waals surface area (Å²) in [7, 11) is -2.45. The average Bonchev–Trinajstić information content (AvgIpc) is 3.22. The van der Waals surface area contributed by atoms with E-state index >= 15 is 0 Å². The van der Waals surface area contributed by atoms with Crippen LogP contribution >= 0.6 is 15.1 Å². The lowest BCUT2D eigenvalue weighted by molar-refractivity contribution is 0.569. The van der Waals surface area contributed by atoms with Crippen LogP contribution in [0.15, 0.2) is 24.3 Å². The van der Waals surface area contributed by atoms with Gasteiger partial charge in [-0.1, -0.05) is 59.9 Å². The Morgan fingerprint density at radius 1 is 0.840 bits per heavy atom. The Labute approximate surface area is 156 Å². The van der Waals surface area contributed by atoms with Crippen LogP contribution in [0.25, 0.3) is 0 Å². The average molecular weight is 378 g/mol. The zero-order valence-electron chi connectivity index (χ0n) is 16.6. The molecular formula is C22H36OP2. The molecule has 1 nitrogen and oxygen atoms in total. The molecule has 0 spiro atoms. The van der Waals surface area contributed by atoms with Crippen molar-refractivity contribution in [2.45, 2.75) is 102 Å². The molecular weight excluding hydrogens is 342 g/mol. The first kappa shape index (κ1) is 19.6. The molecule has 0 aromatic heterocycles. The fraction of sp³-hybridized carbons (Fsp3) is 0.727. The fourth-order valence-electron chi connectivity index (χ4n) is 5.54. The third kappa shape index (κ3) is 3.30. The molecule has 2 saturated heterocycles. The molecule has 4 unspecified atom stereocenters. The summed E-state index contributed by atoms with van der Waals surface area (Å²) >= 11 is 0. The van der Waals surface area contributed by atoms with Crippen LogP contribution in [0.5, 0.6) is 0 Å².